The van der Waals surface area contributed by atoms with E-state index in [4.69, 9.17) is 5.11 Å². The summed E-state index contributed by atoms with van der Waals surface area (Å²) >= 11 is 0. The zero-order chi connectivity index (χ0) is 15.2. The zero-order valence-corrected chi connectivity index (χ0v) is 11.5. The van der Waals surface area contributed by atoms with Gasteiger partial charge in [0, 0.05) is 18.2 Å². The highest BCUT2D eigenvalue weighted by Crippen LogP contribution is 2.28. The van der Waals surface area contributed by atoms with Crippen molar-refractivity contribution in [3.05, 3.63) is 75.3 Å². The fourth-order valence-electron chi connectivity index (χ4n) is 2.23. The Labute approximate surface area is 122 Å². The summed E-state index contributed by atoms with van der Waals surface area (Å²) in [6.45, 7) is -0.00839. The molecule has 0 fully saturated rings. The van der Waals surface area contributed by atoms with Gasteiger partial charge in [-0.3, -0.25) is 10.1 Å². The third kappa shape index (κ3) is 3.65. The van der Waals surface area contributed by atoms with Crippen LogP contribution in [0.4, 0.5) is 5.69 Å². The summed E-state index contributed by atoms with van der Waals surface area (Å²) in [5.41, 5.74) is 1.73. The van der Waals surface area contributed by atoms with Crippen molar-refractivity contribution in [1.29, 1.82) is 0 Å². The van der Waals surface area contributed by atoms with E-state index in [1.54, 1.807) is 24.3 Å². The zero-order valence-electron chi connectivity index (χ0n) is 11.5. The molecule has 0 saturated heterocycles. The predicted molar refractivity (Wildman–Crippen MR) is 79.0 cm³/mol. The third-order valence-electron chi connectivity index (χ3n) is 3.34. The standard InChI is InChI=1S/C16H17NO4/c18-10-4-7-12-8-9-14(11-15(12)17(20)21)16(19)13-5-2-1-3-6-13/h1-3,5-6,8-9,11,16,18-19H,4,7,10H2. The fourth-order valence-corrected chi connectivity index (χ4v) is 2.23. The second kappa shape index (κ2) is 6.97. The van der Waals surface area contributed by atoms with E-state index in [-0.39, 0.29) is 12.3 Å². The maximum Gasteiger partial charge on any atom is 0.272 e. The van der Waals surface area contributed by atoms with Gasteiger partial charge in [0.05, 0.1) is 4.92 Å². The summed E-state index contributed by atoms with van der Waals surface area (Å²) in [7, 11) is 0. The largest absolute Gasteiger partial charge is 0.396 e. The minimum atomic E-state index is -0.892. The van der Waals surface area contributed by atoms with Crippen LogP contribution >= 0.6 is 0 Å². The van der Waals surface area contributed by atoms with Crippen LogP contribution in [0.5, 0.6) is 0 Å². The first-order valence-corrected chi connectivity index (χ1v) is 6.74. The lowest BCUT2D eigenvalue weighted by atomic mass is 9.98. The van der Waals surface area contributed by atoms with Crippen LogP contribution < -0.4 is 0 Å². The Morgan fingerprint density at radius 3 is 2.43 bits per heavy atom. The fraction of sp³-hybridized carbons (Fsp3) is 0.250. The highest BCUT2D eigenvalue weighted by atomic mass is 16.6. The smallest absolute Gasteiger partial charge is 0.272 e. The number of hydrogen-bond donors (Lipinski definition) is 2. The molecule has 2 rings (SSSR count). The monoisotopic (exact) mass is 287 g/mol. The Morgan fingerprint density at radius 2 is 1.81 bits per heavy atom. The van der Waals surface area contributed by atoms with Crippen LogP contribution in [0, 0.1) is 10.1 Å². The van der Waals surface area contributed by atoms with Gasteiger partial charge >= 0.3 is 0 Å². The van der Waals surface area contributed by atoms with E-state index in [2.05, 4.69) is 0 Å². The Bertz CT molecular complexity index is 613. The lowest BCUT2D eigenvalue weighted by molar-refractivity contribution is -0.385. The molecule has 0 aromatic heterocycles. The lowest BCUT2D eigenvalue weighted by Crippen LogP contribution is -2.03. The molecule has 1 unspecified atom stereocenters. The molecular weight excluding hydrogens is 270 g/mol. The summed E-state index contributed by atoms with van der Waals surface area (Å²) in [5.74, 6) is 0. The van der Waals surface area contributed by atoms with E-state index in [9.17, 15) is 15.2 Å². The van der Waals surface area contributed by atoms with Crippen molar-refractivity contribution in [2.45, 2.75) is 18.9 Å². The van der Waals surface area contributed by atoms with Gasteiger partial charge in [0.1, 0.15) is 6.10 Å². The molecule has 21 heavy (non-hydrogen) atoms. The van der Waals surface area contributed by atoms with Gasteiger partial charge in [0.25, 0.3) is 5.69 Å². The molecule has 1 atom stereocenters. The van der Waals surface area contributed by atoms with Gasteiger partial charge < -0.3 is 10.2 Å². The number of nitrogens with zero attached hydrogens (tertiary/aromatic N) is 1. The number of aliphatic hydroxyl groups is 2. The van der Waals surface area contributed by atoms with Gasteiger partial charge in [0.15, 0.2) is 0 Å². The van der Waals surface area contributed by atoms with E-state index in [1.165, 1.54) is 6.07 Å². The Morgan fingerprint density at radius 1 is 1.10 bits per heavy atom. The molecule has 0 aliphatic rings. The van der Waals surface area contributed by atoms with Crippen molar-refractivity contribution >= 4 is 5.69 Å². The Hall–Kier alpha value is -2.24. The summed E-state index contributed by atoms with van der Waals surface area (Å²) < 4.78 is 0. The molecule has 0 saturated carbocycles. The summed E-state index contributed by atoms with van der Waals surface area (Å²) in [5, 5.41) is 30.3. The first-order chi connectivity index (χ1) is 10.1. The van der Waals surface area contributed by atoms with Crippen LogP contribution in [0.3, 0.4) is 0 Å². The molecule has 5 nitrogen and oxygen atoms in total. The minimum Gasteiger partial charge on any atom is -0.396 e. The van der Waals surface area contributed by atoms with Crippen molar-refractivity contribution in [3.8, 4) is 0 Å². The van der Waals surface area contributed by atoms with E-state index < -0.39 is 11.0 Å². The average Bonchev–Trinajstić information content (AvgIpc) is 2.52. The Balaban J connectivity index is 2.33. The molecule has 0 bridgehead atoms. The topological polar surface area (TPSA) is 83.6 Å². The van der Waals surface area contributed by atoms with Gasteiger partial charge in [-0.15, -0.1) is 0 Å². The summed E-state index contributed by atoms with van der Waals surface area (Å²) in [6.07, 6.45) is 0.0208. The average molecular weight is 287 g/mol. The molecule has 0 aliphatic heterocycles. The second-order valence-corrected chi connectivity index (χ2v) is 4.79. The maximum absolute atomic E-state index is 11.2. The second-order valence-electron chi connectivity index (χ2n) is 4.79. The summed E-state index contributed by atoms with van der Waals surface area (Å²) in [6, 6.07) is 13.8. The molecule has 2 aromatic carbocycles. The number of benzene rings is 2. The van der Waals surface area contributed by atoms with Crippen molar-refractivity contribution in [3.63, 3.8) is 0 Å². The molecule has 2 N–H and O–H groups in total. The van der Waals surface area contributed by atoms with Crippen LogP contribution in [0.15, 0.2) is 48.5 Å². The maximum atomic E-state index is 11.2. The van der Waals surface area contributed by atoms with Crippen molar-refractivity contribution in [2.75, 3.05) is 6.61 Å². The molecule has 0 amide bonds. The van der Waals surface area contributed by atoms with Crippen LogP contribution in [0.2, 0.25) is 0 Å². The first kappa shape index (κ1) is 15.2. The number of nitro groups is 1. The number of aryl methyl sites for hydroxylation is 1. The van der Waals surface area contributed by atoms with Gasteiger partial charge in [-0.25, -0.2) is 0 Å². The number of nitro benzene ring substituents is 1. The van der Waals surface area contributed by atoms with E-state index in [0.717, 1.165) is 0 Å². The van der Waals surface area contributed by atoms with Gasteiger partial charge in [0.2, 0.25) is 0 Å². The van der Waals surface area contributed by atoms with Crippen molar-refractivity contribution < 1.29 is 15.1 Å². The first-order valence-electron chi connectivity index (χ1n) is 6.74. The van der Waals surface area contributed by atoms with Gasteiger partial charge in [-0.2, -0.15) is 0 Å². The van der Waals surface area contributed by atoms with Crippen LogP contribution in [0.1, 0.15) is 29.2 Å². The number of hydrogen-bond acceptors (Lipinski definition) is 4. The number of rotatable bonds is 6. The quantitative estimate of drug-likeness (QED) is 0.632. The molecule has 0 heterocycles. The van der Waals surface area contributed by atoms with Crippen LogP contribution in [-0.4, -0.2) is 21.7 Å². The summed E-state index contributed by atoms with van der Waals surface area (Å²) in [4.78, 5) is 10.7. The van der Waals surface area contributed by atoms with E-state index in [1.807, 2.05) is 18.2 Å². The normalized spacial score (nSPS) is 12.1. The molecular formula is C16H17NO4. The SMILES string of the molecule is O=[N+]([O-])c1cc(C(O)c2ccccc2)ccc1CCCO. The van der Waals surface area contributed by atoms with E-state index in [0.29, 0.717) is 29.5 Å². The van der Waals surface area contributed by atoms with Crippen LogP contribution in [0.25, 0.3) is 0 Å². The molecule has 110 valence electrons. The molecule has 5 heteroatoms. The lowest BCUT2D eigenvalue weighted by Gasteiger charge is -2.12. The molecule has 0 radical (unpaired) electrons. The third-order valence-corrected chi connectivity index (χ3v) is 3.34. The highest BCUT2D eigenvalue weighted by molar-refractivity contribution is 5.45. The van der Waals surface area contributed by atoms with Gasteiger partial charge in [-0.05, 0) is 24.0 Å². The van der Waals surface area contributed by atoms with Crippen molar-refractivity contribution in [1.82, 2.24) is 0 Å². The highest BCUT2D eigenvalue weighted by Gasteiger charge is 2.18. The number of aliphatic hydroxyl groups excluding tert-OH is 2. The van der Waals surface area contributed by atoms with Gasteiger partial charge in [-0.1, -0.05) is 42.5 Å². The Kier molecular flexibility index (Phi) is 5.03. The van der Waals surface area contributed by atoms with Crippen LogP contribution in [-0.2, 0) is 6.42 Å². The van der Waals surface area contributed by atoms with E-state index >= 15 is 0 Å². The van der Waals surface area contributed by atoms with Crippen molar-refractivity contribution in [2.24, 2.45) is 0 Å². The predicted octanol–water partition coefficient (Wildman–Crippen LogP) is 2.60. The minimum absolute atomic E-state index is 0.00839. The molecule has 2 aromatic rings. The molecule has 0 spiro atoms. The molecule has 0 aliphatic carbocycles.